The van der Waals surface area contributed by atoms with Crippen molar-refractivity contribution in [1.82, 2.24) is 34.5 Å². The van der Waals surface area contributed by atoms with Crippen LogP contribution >= 0.6 is 11.8 Å². The van der Waals surface area contributed by atoms with Crippen LogP contribution in [0.25, 0.3) is 22.6 Å². The predicted molar refractivity (Wildman–Crippen MR) is 147 cm³/mol. The van der Waals surface area contributed by atoms with Crippen molar-refractivity contribution in [2.24, 2.45) is 5.92 Å². The molecule has 38 heavy (non-hydrogen) atoms. The van der Waals surface area contributed by atoms with E-state index in [9.17, 15) is 4.79 Å². The predicted octanol–water partition coefficient (Wildman–Crippen LogP) is 4.62. The summed E-state index contributed by atoms with van der Waals surface area (Å²) >= 11 is 1.75. The van der Waals surface area contributed by atoms with Gasteiger partial charge in [0.05, 0.1) is 31.2 Å². The van der Waals surface area contributed by atoms with Crippen molar-refractivity contribution in [3.8, 4) is 17.3 Å². The molecule has 4 aromatic heterocycles. The van der Waals surface area contributed by atoms with Crippen LogP contribution in [0, 0.1) is 5.92 Å². The van der Waals surface area contributed by atoms with Gasteiger partial charge in [-0.15, -0.1) is 11.8 Å². The maximum absolute atomic E-state index is 13.8. The summed E-state index contributed by atoms with van der Waals surface area (Å²) in [5.41, 5.74) is 3.28. The molecule has 4 aromatic rings. The van der Waals surface area contributed by atoms with Crippen molar-refractivity contribution >= 4 is 28.7 Å². The normalized spacial score (nSPS) is 16.0. The van der Waals surface area contributed by atoms with Gasteiger partial charge in [-0.1, -0.05) is 6.92 Å². The Balaban J connectivity index is 1.41. The van der Waals surface area contributed by atoms with Gasteiger partial charge in [-0.2, -0.15) is 0 Å². The number of methoxy groups -OCH3 is 1. The van der Waals surface area contributed by atoms with Gasteiger partial charge in [0.1, 0.15) is 17.4 Å². The summed E-state index contributed by atoms with van der Waals surface area (Å²) in [7, 11) is 1.58. The summed E-state index contributed by atoms with van der Waals surface area (Å²) in [6.07, 6.45) is 9.38. The van der Waals surface area contributed by atoms with Crippen LogP contribution in [0.1, 0.15) is 62.9 Å². The van der Waals surface area contributed by atoms with Crippen LogP contribution in [-0.2, 0) is 6.54 Å². The Hall–Kier alpha value is -3.60. The van der Waals surface area contributed by atoms with Crippen molar-refractivity contribution < 1.29 is 4.74 Å². The fourth-order valence-corrected chi connectivity index (χ4v) is 5.38. The van der Waals surface area contributed by atoms with Crippen LogP contribution in [0.4, 0.5) is 5.82 Å². The molecule has 10 nitrogen and oxygen atoms in total. The van der Waals surface area contributed by atoms with E-state index in [2.05, 4.69) is 44.1 Å². The molecular weight excluding hydrogens is 500 g/mol. The third-order valence-corrected chi connectivity index (χ3v) is 7.98. The summed E-state index contributed by atoms with van der Waals surface area (Å²) in [6.45, 7) is 4.59. The number of thioether (sulfide) groups is 1. The minimum atomic E-state index is -0.196. The van der Waals surface area contributed by atoms with E-state index in [-0.39, 0.29) is 17.4 Å². The number of hydrogen-bond donors (Lipinski definition) is 1. The molecular formula is C27H30N8O2S. The molecule has 1 unspecified atom stereocenters. The Bertz CT molecular complexity index is 1530. The molecule has 2 aliphatic carbocycles. The lowest BCUT2D eigenvalue weighted by Gasteiger charge is -2.19. The second-order valence-corrected chi connectivity index (χ2v) is 11.1. The van der Waals surface area contributed by atoms with E-state index in [1.165, 1.54) is 6.33 Å². The maximum Gasteiger partial charge on any atom is 0.295 e. The Morgan fingerprint density at radius 3 is 2.63 bits per heavy atom. The molecule has 1 atom stereocenters. The number of pyridine rings is 1. The van der Waals surface area contributed by atoms with Gasteiger partial charge >= 0.3 is 0 Å². The van der Waals surface area contributed by atoms with E-state index in [4.69, 9.17) is 9.72 Å². The second kappa shape index (κ2) is 10.3. The lowest BCUT2D eigenvalue weighted by Crippen LogP contribution is -2.29. The Labute approximate surface area is 224 Å². The molecule has 11 heteroatoms. The van der Waals surface area contributed by atoms with Gasteiger partial charge in [0.2, 0.25) is 5.88 Å². The summed E-state index contributed by atoms with van der Waals surface area (Å²) in [4.78, 5) is 42.4. The Morgan fingerprint density at radius 1 is 1.11 bits per heavy atom. The number of anilines is 1. The summed E-state index contributed by atoms with van der Waals surface area (Å²) in [6, 6.07) is 4.00. The van der Waals surface area contributed by atoms with E-state index in [1.807, 2.05) is 18.3 Å². The molecule has 0 amide bonds. The van der Waals surface area contributed by atoms with Crippen LogP contribution in [0.2, 0.25) is 0 Å². The highest BCUT2D eigenvalue weighted by molar-refractivity contribution is 7.99. The molecule has 0 saturated heterocycles. The highest BCUT2D eigenvalue weighted by Crippen LogP contribution is 2.45. The van der Waals surface area contributed by atoms with Gasteiger partial charge in [0.25, 0.3) is 5.56 Å². The van der Waals surface area contributed by atoms with Crippen molar-refractivity contribution in [2.75, 3.05) is 18.2 Å². The molecule has 6 rings (SSSR count). The number of hydrogen-bond acceptors (Lipinski definition) is 10. The van der Waals surface area contributed by atoms with Gasteiger partial charge < -0.3 is 10.1 Å². The van der Waals surface area contributed by atoms with Crippen LogP contribution in [0.15, 0.2) is 40.5 Å². The molecule has 196 valence electrons. The van der Waals surface area contributed by atoms with Crippen LogP contribution in [-0.4, -0.2) is 47.3 Å². The Kier molecular flexibility index (Phi) is 6.69. The quantitative estimate of drug-likeness (QED) is 0.291. The van der Waals surface area contributed by atoms with Crippen LogP contribution in [0.3, 0.4) is 0 Å². The molecule has 0 spiro atoms. The summed E-state index contributed by atoms with van der Waals surface area (Å²) in [5, 5.41) is 3.21. The first-order valence-corrected chi connectivity index (χ1v) is 14.1. The number of fused-ring (bicyclic) bond motifs is 1. The van der Waals surface area contributed by atoms with E-state index >= 15 is 0 Å². The fourth-order valence-electron chi connectivity index (χ4n) is 4.76. The third-order valence-electron chi connectivity index (χ3n) is 7.11. The first kappa shape index (κ1) is 24.7. The minimum absolute atomic E-state index is 0.0170. The zero-order valence-electron chi connectivity index (χ0n) is 21.7. The second-order valence-electron chi connectivity index (χ2n) is 9.81. The largest absolute Gasteiger partial charge is 0.480 e. The first-order valence-electron chi connectivity index (χ1n) is 13.1. The van der Waals surface area contributed by atoms with Crippen molar-refractivity contribution in [2.45, 2.75) is 62.9 Å². The highest BCUT2D eigenvalue weighted by atomic mass is 32.2. The number of rotatable bonds is 10. The highest BCUT2D eigenvalue weighted by Gasteiger charge is 2.33. The maximum atomic E-state index is 13.8. The smallest absolute Gasteiger partial charge is 0.295 e. The van der Waals surface area contributed by atoms with E-state index in [0.29, 0.717) is 46.8 Å². The third kappa shape index (κ3) is 4.82. The molecule has 0 radical (unpaired) electrons. The molecule has 4 heterocycles. The molecule has 0 bridgehead atoms. The van der Waals surface area contributed by atoms with E-state index in [0.717, 1.165) is 47.7 Å². The topological polar surface area (TPSA) is 121 Å². The van der Waals surface area contributed by atoms with Gasteiger partial charge in [-0.3, -0.25) is 14.3 Å². The lowest BCUT2D eigenvalue weighted by molar-refractivity contribution is 0.397. The number of ether oxygens (including phenoxy) is 1. The molecule has 1 N–H and O–H groups in total. The van der Waals surface area contributed by atoms with Gasteiger partial charge in [-0.25, -0.2) is 24.9 Å². The average Bonchev–Trinajstić information content (AvgIpc) is 3.85. The van der Waals surface area contributed by atoms with Gasteiger partial charge in [0.15, 0.2) is 17.3 Å². The first-order chi connectivity index (χ1) is 18.6. The SMILES string of the molecule is CCSc1ccc(CNc2nc3cnc(-c4c(OC)ncnc4C4CC4)nc3n(C(C)C3CC3)c2=O)nc1. The van der Waals surface area contributed by atoms with Crippen molar-refractivity contribution in [3.05, 3.63) is 52.6 Å². The summed E-state index contributed by atoms with van der Waals surface area (Å²) in [5.74, 6) is 2.94. The zero-order chi connectivity index (χ0) is 26.2. The monoisotopic (exact) mass is 530 g/mol. The molecule has 0 aliphatic heterocycles. The molecule has 2 saturated carbocycles. The van der Waals surface area contributed by atoms with E-state index in [1.54, 1.807) is 29.6 Å². The number of nitrogens with one attached hydrogen (secondary N) is 1. The average molecular weight is 531 g/mol. The molecule has 2 fully saturated rings. The standard InChI is InChI=1S/C27H30N8O2S/c1-4-38-19-10-9-18(28-12-19)11-29-24-27(36)35(15(2)16-5-6-16)25-20(33-24)13-30-23(34-25)21-22(17-7-8-17)31-14-32-26(21)37-3/h9-10,12-17H,4-8,11H2,1-3H3,(H,29,33). The number of aromatic nitrogens is 7. The van der Waals surface area contributed by atoms with Crippen LogP contribution in [0.5, 0.6) is 5.88 Å². The number of nitrogens with zero attached hydrogens (tertiary/aromatic N) is 7. The van der Waals surface area contributed by atoms with Crippen molar-refractivity contribution in [1.29, 1.82) is 0 Å². The fraction of sp³-hybridized carbons (Fsp3) is 0.444. The van der Waals surface area contributed by atoms with Crippen LogP contribution < -0.4 is 15.6 Å². The zero-order valence-corrected chi connectivity index (χ0v) is 22.5. The minimum Gasteiger partial charge on any atom is -0.480 e. The lowest BCUT2D eigenvalue weighted by atomic mass is 10.1. The van der Waals surface area contributed by atoms with Gasteiger partial charge in [-0.05, 0) is 56.4 Å². The Morgan fingerprint density at radius 2 is 1.95 bits per heavy atom. The van der Waals surface area contributed by atoms with Crippen molar-refractivity contribution in [3.63, 3.8) is 0 Å². The summed E-state index contributed by atoms with van der Waals surface area (Å²) < 4.78 is 7.33. The van der Waals surface area contributed by atoms with Gasteiger partial charge in [0, 0.05) is 23.1 Å². The van der Waals surface area contributed by atoms with E-state index < -0.39 is 0 Å². The molecule has 0 aromatic carbocycles. The molecule has 2 aliphatic rings.